The standard InChI is InChI=1S/C15H13ClN4O2S/c1-8-7-23-15-19-10(5-13(21)20(8)15)6-18-9-2-3-12(16)11(4-9)14(17)22/h2-5,7,18H,6H2,1H3,(H2,17,22). The normalized spacial score (nSPS) is 10.9. The summed E-state index contributed by atoms with van der Waals surface area (Å²) in [7, 11) is 0. The summed E-state index contributed by atoms with van der Waals surface area (Å²) in [5.41, 5.74) is 7.56. The zero-order valence-electron chi connectivity index (χ0n) is 12.2. The molecule has 23 heavy (non-hydrogen) atoms. The highest BCUT2D eigenvalue weighted by atomic mass is 35.5. The number of nitrogens with one attached hydrogen (secondary N) is 1. The van der Waals surface area contributed by atoms with Crippen LogP contribution in [0.25, 0.3) is 4.96 Å². The summed E-state index contributed by atoms with van der Waals surface area (Å²) < 4.78 is 1.57. The van der Waals surface area contributed by atoms with Crippen LogP contribution in [0.4, 0.5) is 5.69 Å². The summed E-state index contributed by atoms with van der Waals surface area (Å²) in [5, 5.41) is 5.30. The topological polar surface area (TPSA) is 89.5 Å². The minimum atomic E-state index is -0.592. The molecule has 0 radical (unpaired) electrons. The number of fused-ring (bicyclic) bond motifs is 1. The van der Waals surface area contributed by atoms with Crippen LogP contribution in [0, 0.1) is 6.92 Å². The fourth-order valence-corrected chi connectivity index (χ4v) is 3.31. The number of nitrogens with two attached hydrogens (primary N) is 1. The van der Waals surface area contributed by atoms with Gasteiger partial charge in [0.15, 0.2) is 4.96 Å². The fraction of sp³-hybridized carbons (Fsp3) is 0.133. The molecule has 0 saturated carbocycles. The fourth-order valence-electron chi connectivity index (χ4n) is 2.21. The molecule has 8 heteroatoms. The number of carbonyl (C=O) groups is 1. The number of anilines is 1. The van der Waals surface area contributed by atoms with Crippen LogP contribution < -0.4 is 16.6 Å². The molecule has 0 fully saturated rings. The number of hydrogen-bond donors (Lipinski definition) is 2. The number of aromatic nitrogens is 2. The van der Waals surface area contributed by atoms with E-state index in [0.29, 0.717) is 27.9 Å². The van der Waals surface area contributed by atoms with Crippen molar-refractivity contribution < 1.29 is 4.79 Å². The minimum absolute atomic E-state index is 0.112. The predicted molar refractivity (Wildman–Crippen MR) is 91.4 cm³/mol. The first-order chi connectivity index (χ1) is 11.0. The van der Waals surface area contributed by atoms with Gasteiger partial charge in [0.1, 0.15) is 0 Å². The maximum Gasteiger partial charge on any atom is 0.259 e. The lowest BCUT2D eigenvalue weighted by atomic mass is 10.2. The highest BCUT2D eigenvalue weighted by Crippen LogP contribution is 2.20. The predicted octanol–water partition coefficient (Wildman–Crippen LogP) is 2.43. The first kappa shape index (κ1) is 15.5. The van der Waals surface area contributed by atoms with E-state index in [4.69, 9.17) is 17.3 Å². The molecule has 3 aromatic rings. The summed E-state index contributed by atoms with van der Waals surface area (Å²) in [5.74, 6) is -0.592. The van der Waals surface area contributed by atoms with Crippen LogP contribution in [0.2, 0.25) is 5.02 Å². The van der Waals surface area contributed by atoms with Crippen molar-refractivity contribution in [1.82, 2.24) is 9.38 Å². The molecule has 0 aliphatic rings. The van der Waals surface area contributed by atoms with E-state index in [2.05, 4.69) is 10.3 Å². The van der Waals surface area contributed by atoms with Gasteiger partial charge in [-0.3, -0.25) is 14.0 Å². The van der Waals surface area contributed by atoms with Crippen LogP contribution in [0.5, 0.6) is 0 Å². The number of hydrogen-bond acceptors (Lipinski definition) is 5. The molecule has 118 valence electrons. The maximum absolute atomic E-state index is 12.1. The van der Waals surface area contributed by atoms with Crippen LogP contribution in [0.15, 0.2) is 34.4 Å². The second-order valence-corrected chi connectivity index (χ2v) is 6.24. The van der Waals surface area contributed by atoms with E-state index in [0.717, 1.165) is 5.69 Å². The van der Waals surface area contributed by atoms with Crippen LogP contribution >= 0.6 is 22.9 Å². The van der Waals surface area contributed by atoms with Gasteiger partial charge in [-0.2, -0.15) is 0 Å². The van der Waals surface area contributed by atoms with Crippen molar-refractivity contribution in [2.75, 3.05) is 5.32 Å². The van der Waals surface area contributed by atoms with Crippen LogP contribution in [0.3, 0.4) is 0 Å². The van der Waals surface area contributed by atoms with Crippen molar-refractivity contribution in [2.24, 2.45) is 5.73 Å². The van der Waals surface area contributed by atoms with E-state index < -0.39 is 5.91 Å². The zero-order chi connectivity index (χ0) is 16.6. The molecule has 3 N–H and O–H groups in total. The Hall–Kier alpha value is -2.38. The lowest BCUT2D eigenvalue weighted by Crippen LogP contribution is -2.16. The van der Waals surface area contributed by atoms with Gasteiger partial charge in [-0.25, -0.2) is 4.98 Å². The van der Waals surface area contributed by atoms with Crippen LogP contribution in [-0.4, -0.2) is 15.3 Å². The van der Waals surface area contributed by atoms with E-state index >= 15 is 0 Å². The number of amides is 1. The van der Waals surface area contributed by atoms with Crippen LogP contribution in [0.1, 0.15) is 21.7 Å². The third-order valence-corrected chi connectivity index (χ3v) is 4.61. The van der Waals surface area contributed by atoms with Gasteiger partial charge in [-0.05, 0) is 25.1 Å². The molecule has 1 amide bonds. The van der Waals surface area contributed by atoms with E-state index in [1.807, 2.05) is 12.3 Å². The molecule has 2 aromatic heterocycles. The maximum atomic E-state index is 12.1. The summed E-state index contributed by atoms with van der Waals surface area (Å²) in [6.45, 7) is 2.21. The van der Waals surface area contributed by atoms with Crippen molar-refractivity contribution in [2.45, 2.75) is 13.5 Å². The summed E-state index contributed by atoms with van der Waals surface area (Å²) in [6.07, 6.45) is 0. The number of halogens is 1. The monoisotopic (exact) mass is 348 g/mol. The van der Waals surface area contributed by atoms with Gasteiger partial charge in [-0.15, -0.1) is 11.3 Å². The Morgan fingerprint density at radius 2 is 2.22 bits per heavy atom. The molecule has 6 nitrogen and oxygen atoms in total. The molecule has 0 spiro atoms. The quantitative estimate of drug-likeness (QED) is 0.757. The molecule has 3 rings (SSSR count). The molecular weight excluding hydrogens is 336 g/mol. The first-order valence-corrected chi connectivity index (χ1v) is 8.01. The van der Waals surface area contributed by atoms with E-state index in [1.54, 1.807) is 22.6 Å². The van der Waals surface area contributed by atoms with Crippen molar-refractivity contribution in [3.63, 3.8) is 0 Å². The Kier molecular flexibility index (Phi) is 4.06. The minimum Gasteiger partial charge on any atom is -0.379 e. The van der Waals surface area contributed by atoms with E-state index in [-0.39, 0.29) is 11.1 Å². The average Bonchev–Trinajstić information content (AvgIpc) is 2.88. The second kappa shape index (κ2) is 6.02. The summed E-state index contributed by atoms with van der Waals surface area (Å²) in [4.78, 5) is 28.5. The Morgan fingerprint density at radius 3 is 2.96 bits per heavy atom. The van der Waals surface area contributed by atoms with Gasteiger partial charge in [0.05, 0.1) is 22.8 Å². The summed E-state index contributed by atoms with van der Waals surface area (Å²) >= 11 is 7.33. The van der Waals surface area contributed by atoms with Gasteiger partial charge >= 0.3 is 0 Å². The average molecular weight is 349 g/mol. The number of benzene rings is 1. The molecule has 0 bridgehead atoms. The number of aryl methyl sites for hydroxylation is 1. The molecule has 0 unspecified atom stereocenters. The number of primary amides is 1. The first-order valence-electron chi connectivity index (χ1n) is 6.75. The van der Waals surface area contributed by atoms with Gasteiger partial charge in [0.2, 0.25) is 5.91 Å². The third kappa shape index (κ3) is 3.06. The number of carbonyl (C=O) groups excluding carboxylic acids is 1. The Bertz CT molecular complexity index is 964. The Morgan fingerprint density at radius 1 is 1.43 bits per heavy atom. The van der Waals surface area contributed by atoms with Crippen molar-refractivity contribution in [3.05, 3.63) is 62.0 Å². The Balaban J connectivity index is 1.85. The van der Waals surface area contributed by atoms with Gasteiger partial charge < -0.3 is 11.1 Å². The molecule has 0 atom stereocenters. The summed E-state index contributed by atoms with van der Waals surface area (Å²) in [6, 6.07) is 6.39. The molecule has 0 aliphatic heterocycles. The smallest absolute Gasteiger partial charge is 0.259 e. The largest absolute Gasteiger partial charge is 0.379 e. The highest BCUT2D eigenvalue weighted by molar-refractivity contribution is 7.15. The molecule has 1 aromatic carbocycles. The lowest BCUT2D eigenvalue weighted by Gasteiger charge is -2.08. The lowest BCUT2D eigenvalue weighted by molar-refractivity contribution is 0.100. The SMILES string of the molecule is Cc1csc2nc(CNc3ccc(Cl)c(C(N)=O)c3)cc(=O)n12. The number of rotatable bonds is 4. The zero-order valence-corrected chi connectivity index (χ0v) is 13.7. The third-order valence-electron chi connectivity index (χ3n) is 3.33. The number of nitrogens with zero attached hydrogens (tertiary/aromatic N) is 2. The van der Waals surface area contributed by atoms with Gasteiger partial charge in [0.25, 0.3) is 5.56 Å². The van der Waals surface area contributed by atoms with Crippen molar-refractivity contribution in [3.8, 4) is 0 Å². The second-order valence-electron chi connectivity index (χ2n) is 4.99. The van der Waals surface area contributed by atoms with Gasteiger partial charge in [-0.1, -0.05) is 11.6 Å². The highest BCUT2D eigenvalue weighted by Gasteiger charge is 2.09. The van der Waals surface area contributed by atoms with Crippen LogP contribution in [-0.2, 0) is 6.54 Å². The Labute approximate surface area is 140 Å². The molecule has 2 heterocycles. The van der Waals surface area contributed by atoms with Crippen molar-refractivity contribution in [1.29, 1.82) is 0 Å². The molecule has 0 saturated heterocycles. The van der Waals surface area contributed by atoms with E-state index in [9.17, 15) is 9.59 Å². The van der Waals surface area contributed by atoms with E-state index in [1.165, 1.54) is 17.4 Å². The van der Waals surface area contributed by atoms with Crippen molar-refractivity contribution >= 4 is 39.5 Å². The number of thiazole rings is 1. The molecular formula is C15H13ClN4O2S. The van der Waals surface area contributed by atoms with Gasteiger partial charge in [0, 0.05) is 22.8 Å². The molecule has 0 aliphatic carbocycles.